The summed E-state index contributed by atoms with van der Waals surface area (Å²) in [6.45, 7) is 5.28. The number of likely N-dealkylation sites (tertiary alicyclic amines) is 1. The predicted octanol–water partition coefficient (Wildman–Crippen LogP) is 1.70. The maximum absolute atomic E-state index is 13.9. The number of halogens is 1. The molecule has 1 aromatic carbocycles. The van der Waals surface area contributed by atoms with E-state index in [4.69, 9.17) is 0 Å². The number of benzene rings is 1. The van der Waals surface area contributed by atoms with Crippen molar-refractivity contribution in [2.45, 2.75) is 19.9 Å². The Balaban J connectivity index is 1.59. The average Bonchev–Trinajstić information content (AvgIpc) is 3.24. The molecule has 0 bridgehead atoms. The van der Waals surface area contributed by atoms with Gasteiger partial charge in [0.05, 0.1) is 18.3 Å². The van der Waals surface area contributed by atoms with Crippen molar-refractivity contribution < 1.29 is 14.0 Å². The van der Waals surface area contributed by atoms with Crippen LogP contribution in [0.2, 0.25) is 0 Å². The highest BCUT2D eigenvalue weighted by molar-refractivity contribution is 5.84. The topological polar surface area (TPSA) is 78.4 Å². The second-order valence-corrected chi connectivity index (χ2v) is 7.82. The molecule has 0 unspecified atom stereocenters. The van der Waals surface area contributed by atoms with E-state index >= 15 is 0 Å². The van der Waals surface area contributed by atoms with Crippen LogP contribution in [-0.2, 0) is 9.59 Å². The summed E-state index contributed by atoms with van der Waals surface area (Å²) in [6.07, 6.45) is 0. The molecule has 4 rings (SSSR count). The summed E-state index contributed by atoms with van der Waals surface area (Å²) < 4.78 is 13.9. The zero-order chi connectivity index (χ0) is 20.5. The molecule has 7 nitrogen and oxygen atoms in total. The van der Waals surface area contributed by atoms with Gasteiger partial charge in [0.2, 0.25) is 11.8 Å². The molecular formula is C21H24FN5O2. The summed E-state index contributed by atoms with van der Waals surface area (Å²) in [4.78, 5) is 28.0. The van der Waals surface area contributed by atoms with Gasteiger partial charge >= 0.3 is 0 Å². The molecule has 2 saturated heterocycles. The summed E-state index contributed by atoms with van der Waals surface area (Å²) in [6, 6.07) is 10.1. The Kier molecular flexibility index (Phi) is 5.17. The van der Waals surface area contributed by atoms with Gasteiger partial charge < -0.3 is 15.1 Å². The van der Waals surface area contributed by atoms with Crippen LogP contribution in [0.5, 0.6) is 0 Å². The van der Waals surface area contributed by atoms with Gasteiger partial charge in [-0.2, -0.15) is 5.10 Å². The normalized spacial score (nSPS) is 23.2. The molecule has 2 aliphatic rings. The number of hydrogen-bond acceptors (Lipinski definition) is 5. The third kappa shape index (κ3) is 3.92. The number of nitrogens with one attached hydrogen (secondary N) is 1. The van der Waals surface area contributed by atoms with E-state index in [9.17, 15) is 14.0 Å². The van der Waals surface area contributed by atoms with E-state index in [1.165, 1.54) is 19.1 Å². The van der Waals surface area contributed by atoms with Gasteiger partial charge in [-0.15, -0.1) is 5.10 Å². The van der Waals surface area contributed by atoms with Crippen LogP contribution < -0.4 is 10.2 Å². The zero-order valence-corrected chi connectivity index (χ0v) is 16.5. The number of anilines is 1. The first-order valence-corrected chi connectivity index (χ1v) is 9.77. The van der Waals surface area contributed by atoms with Crippen LogP contribution in [0.3, 0.4) is 0 Å². The van der Waals surface area contributed by atoms with Crippen molar-refractivity contribution in [1.82, 2.24) is 20.4 Å². The molecule has 2 aromatic rings. The van der Waals surface area contributed by atoms with E-state index in [-0.39, 0.29) is 42.1 Å². The highest BCUT2D eigenvalue weighted by Crippen LogP contribution is 2.45. The Labute approximate surface area is 168 Å². The molecule has 0 saturated carbocycles. The van der Waals surface area contributed by atoms with Crippen LogP contribution in [0.4, 0.5) is 10.2 Å². The summed E-state index contributed by atoms with van der Waals surface area (Å²) in [5.41, 5.74) is 1.64. The Bertz CT molecular complexity index is 920. The molecule has 152 valence electrons. The van der Waals surface area contributed by atoms with E-state index in [0.29, 0.717) is 13.1 Å². The third-order valence-electron chi connectivity index (χ3n) is 5.77. The second kappa shape index (κ2) is 7.77. The van der Waals surface area contributed by atoms with Gasteiger partial charge in [0.25, 0.3) is 0 Å². The molecular weight excluding hydrogens is 373 g/mol. The first kappa shape index (κ1) is 19.3. The van der Waals surface area contributed by atoms with Gasteiger partial charge in [0.15, 0.2) is 5.82 Å². The van der Waals surface area contributed by atoms with Crippen molar-refractivity contribution in [2.24, 2.45) is 11.8 Å². The molecule has 0 radical (unpaired) electrons. The maximum Gasteiger partial charge on any atom is 0.242 e. The van der Waals surface area contributed by atoms with Gasteiger partial charge in [-0.3, -0.25) is 9.59 Å². The molecule has 1 N–H and O–H groups in total. The van der Waals surface area contributed by atoms with Crippen molar-refractivity contribution in [3.63, 3.8) is 0 Å². The third-order valence-corrected chi connectivity index (χ3v) is 5.77. The number of carbonyl (C=O) groups is 2. The maximum atomic E-state index is 13.9. The largest absolute Gasteiger partial charge is 0.354 e. The molecule has 0 aliphatic carbocycles. The van der Waals surface area contributed by atoms with E-state index in [1.807, 2.05) is 25.1 Å². The van der Waals surface area contributed by atoms with Gasteiger partial charge in [-0.05, 0) is 36.8 Å². The molecule has 8 heteroatoms. The van der Waals surface area contributed by atoms with Crippen LogP contribution in [-0.4, -0.2) is 53.1 Å². The first-order chi connectivity index (χ1) is 13.9. The number of fused-ring (bicyclic) bond motifs is 1. The van der Waals surface area contributed by atoms with Crippen molar-refractivity contribution in [2.75, 3.05) is 31.1 Å². The Morgan fingerprint density at radius 2 is 2.00 bits per heavy atom. The Morgan fingerprint density at radius 3 is 2.69 bits per heavy atom. The van der Waals surface area contributed by atoms with Crippen LogP contribution in [0.15, 0.2) is 36.4 Å². The molecule has 2 aliphatic heterocycles. The van der Waals surface area contributed by atoms with Crippen molar-refractivity contribution in [1.29, 1.82) is 0 Å². The number of nitrogens with zero attached hydrogens (tertiary/aromatic N) is 4. The predicted molar refractivity (Wildman–Crippen MR) is 105 cm³/mol. The second-order valence-electron chi connectivity index (χ2n) is 7.82. The van der Waals surface area contributed by atoms with E-state index in [1.54, 1.807) is 11.0 Å². The van der Waals surface area contributed by atoms with Crippen molar-refractivity contribution >= 4 is 17.6 Å². The number of rotatable bonds is 4. The first-order valence-electron chi connectivity index (χ1n) is 9.77. The molecule has 29 heavy (non-hydrogen) atoms. The highest BCUT2D eigenvalue weighted by Gasteiger charge is 2.49. The standard InChI is InChI=1S/C21H24FN5O2/c1-13-6-7-19(25-24-13)26-10-16-11-27(20(29)9-23-14(2)28)21(18(16)12-26)15-4-3-5-17(22)8-15/h3-8,16,18,21H,9-12H2,1-2H3,(H,23,28)/t16-,18-,21+/m0/s1. The number of hydrogen-bond donors (Lipinski definition) is 1. The van der Waals surface area contributed by atoms with E-state index in [2.05, 4.69) is 20.4 Å². The smallest absolute Gasteiger partial charge is 0.242 e. The van der Waals surface area contributed by atoms with Gasteiger partial charge in [0.1, 0.15) is 5.82 Å². The summed E-state index contributed by atoms with van der Waals surface area (Å²) in [7, 11) is 0. The number of carbonyl (C=O) groups excluding carboxylic acids is 2. The van der Waals surface area contributed by atoms with Crippen LogP contribution >= 0.6 is 0 Å². The lowest BCUT2D eigenvalue weighted by Crippen LogP contribution is -2.41. The lowest BCUT2D eigenvalue weighted by molar-refractivity contribution is -0.133. The molecule has 2 fully saturated rings. The monoisotopic (exact) mass is 397 g/mol. The van der Waals surface area contributed by atoms with Crippen LogP contribution in [0.1, 0.15) is 24.2 Å². The number of aromatic nitrogens is 2. The molecule has 1 aromatic heterocycles. The van der Waals surface area contributed by atoms with Crippen molar-refractivity contribution in [3.8, 4) is 0 Å². The molecule has 0 spiro atoms. The molecule has 3 heterocycles. The van der Waals surface area contributed by atoms with Gasteiger partial charge in [-0.25, -0.2) is 4.39 Å². The Morgan fingerprint density at radius 1 is 1.17 bits per heavy atom. The summed E-state index contributed by atoms with van der Waals surface area (Å²) in [5, 5.41) is 11.0. The SMILES string of the molecule is CC(=O)NCC(=O)N1C[C@@H]2CN(c3ccc(C)nn3)C[C@@H]2[C@H]1c1cccc(F)c1. The minimum atomic E-state index is -0.320. The quantitative estimate of drug-likeness (QED) is 0.850. The Hall–Kier alpha value is -3.03. The molecule has 3 atom stereocenters. The molecule has 2 amide bonds. The summed E-state index contributed by atoms with van der Waals surface area (Å²) in [5.74, 6) is 0.502. The lowest BCUT2D eigenvalue weighted by atomic mass is 9.89. The van der Waals surface area contributed by atoms with E-state index < -0.39 is 0 Å². The average molecular weight is 397 g/mol. The fraction of sp³-hybridized carbons (Fsp3) is 0.429. The van der Waals surface area contributed by atoms with Crippen LogP contribution in [0.25, 0.3) is 0 Å². The lowest BCUT2D eigenvalue weighted by Gasteiger charge is -2.30. The number of aryl methyl sites for hydroxylation is 1. The number of amides is 2. The van der Waals surface area contributed by atoms with Crippen molar-refractivity contribution in [3.05, 3.63) is 53.5 Å². The highest BCUT2D eigenvalue weighted by atomic mass is 19.1. The minimum absolute atomic E-state index is 0.0479. The summed E-state index contributed by atoms with van der Waals surface area (Å²) >= 11 is 0. The van der Waals surface area contributed by atoms with Crippen LogP contribution in [0, 0.1) is 24.6 Å². The minimum Gasteiger partial charge on any atom is -0.354 e. The fourth-order valence-electron chi connectivity index (χ4n) is 4.47. The fourth-order valence-corrected chi connectivity index (χ4v) is 4.47. The van der Waals surface area contributed by atoms with E-state index in [0.717, 1.165) is 23.6 Å². The zero-order valence-electron chi connectivity index (χ0n) is 16.5. The van der Waals surface area contributed by atoms with Gasteiger partial charge in [0, 0.05) is 38.4 Å². The van der Waals surface area contributed by atoms with Gasteiger partial charge in [-0.1, -0.05) is 12.1 Å².